The van der Waals surface area contributed by atoms with E-state index in [0.29, 0.717) is 6.54 Å². The maximum atomic E-state index is 12.0. The highest BCUT2D eigenvalue weighted by Crippen LogP contribution is 2.36. The van der Waals surface area contributed by atoms with Crippen molar-refractivity contribution in [3.63, 3.8) is 0 Å². The molecule has 1 amide bonds. The number of fused-ring (bicyclic) bond motifs is 1. The Kier molecular flexibility index (Phi) is 7.28. The number of hydrogen-bond donors (Lipinski definition) is 2. The molecule has 1 heterocycles. The Labute approximate surface area is 125 Å². The van der Waals surface area contributed by atoms with Gasteiger partial charge in [0.2, 0.25) is 5.91 Å². The van der Waals surface area contributed by atoms with E-state index in [2.05, 4.69) is 29.7 Å². The standard InChI is InChI=1S/C14H20N2OS.ClH/c1-2-7-15-8-9-16-14(17)13-10-11-5-3-4-6-12(11)18-13;/h3-6,13,15H,2,7-10H2,1H3,(H,16,17);1H. The van der Waals surface area contributed by atoms with E-state index >= 15 is 0 Å². The number of thioether (sulfide) groups is 1. The smallest absolute Gasteiger partial charge is 0.233 e. The maximum absolute atomic E-state index is 12.0. The number of amides is 1. The Bertz CT molecular complexity index is 389. The fraction of sp³-hybridized carbons (Fsp3) is 0.500. The van der Waals surface area contributed by atoms with E-state index in [1.54, 1.807) is 11.8 Å². The second-order valence-electron chi connectivity index (χ2n) is 4.46. The van der Waals surface area contributed by atoms with Crippen molar-refractivity contribution in [2.75, 3.05) is 19.6 Å². The van der Waals surface area contributed by atoms with Crippen LogP contribution in [0.25, 0.3) is 0 Å². The molecule has 0 bridgehead atoms. The molecule has 1 aromatic rings. The summed E-state index contributed by atoms with van der Waals surface area (Å²) in [6.07, 6.45) is 1.98. The topological polar surface area (TPSA) is 41.1 Å². The summed E-state index contributed by atoms with van der Waals surface area (Å²) in [4.78, 5) is 13.2. The van der Waals surface area contributed by atoms with Gasteiger partial charge in [-0.05, 0) is 31.0 Å². The van der Waals surface area contributed by atoms with Gasteiger partial charge in [0, 0.05) is 18.0 Å². The second-order valence-corrected chi connectivity index (χ2v) is 5.70. The lowest BCUT2D eigenvalue weighted by Gasteiger charge is -2.10. The third-order valence-electron chi connectivity index (χ3n) is 2.97. The lowest BCUT2D eigenvalue weighted by molar-refractivity contribution is -0.120. The lowest BCUT2D eigenvalue weighted by Crippen LogP contribution is -2.37. The largest absolute Gasteiger partial charge is 0.354 e. The molecule has 0 spiro atoms. The molecule has 0 radical (unpaired) electrons. The van der Waals surface area contributed by atoms with E-state index in [0.717, 1.165) is 25.9 Å². The normalized spacial score (nSPS) is 16.6. The SMILES string of the molecule is CCCNCCNC(=O)C1Cc2ccccc2S1.Cl. The van der Waals surface area contributed by atoms with Crippen molar-refractivity contribution in [2.45, 2.75) is 29.9 Å². The zero-order valence-corrected chi connectivity index (χ0v) is 12.8. The van der Waals surface area contributed by atoms with Crippen LogP contribution < -0.4 is 10.6 Å². The van der Waals surface area contributed by atoms with E-state index in [1.807, 2.05) is 12.1 Å². The van der Waals surface area contributed by atoms with Crippen molar-refractivity contribution in [2.24, 2.45) is 0 Å². The Morgan fingerprint density at radius 3 is 2.84 bits per heavy atom. The van der Waals surface area contributed by atoms with Crippen LogP contribution in [0.5, 0.6) is 0 Å². The molecule has 0 saturated heterocycles. The minimum Gasteiger partial charge on any atom is -0.354 e. The molecule has 19 heavy (non-hydrogen) atoms. The average molecular weight is 301 g/mol. The van der Waals surface area contributed by atoms with Crippen molar-refractivity contribution in [3.8, 4) is 0 Å². The van der Waals surface area contributed by atoms with Crippen LogP contribution in [0.1, 0.15) is 18.9 Å². The Balaban J connectivity index is 0.00000180. The number of carbonyl (C=O) groups is 1. The Morgan fingerprint density at radius 2 is 2.11 bits per heavy atom. The summed E-state index contributed by atoms with van der Waals surface area (Å²) in [6, 6.07) is 8.27. The summed E-state index contributed by atoms with van der Waals surface area (Å²) in [5.41, 5.74) is 1.30. The predicted octanol–water partition coefficient (Wildman–Crippen LogP) is 2.24. The fourth-order valence-corrected chi connectivity index (χ4v) is 3.24. The van der Waals surface area contributed by atoms with Gasteiger partial charge < -0.3 is 10.6 Å². The van der Waals surface area contributed by atoms with Gasteiger partial charge >= 0.3 is 0 Å². The molecule has 0 aliphatic carbocycles. The molecule has 2 N–H and O–H groups in total. The lowest BCUT2D eigenvalue weighted by atomic mass is 10.1. The molecular formula is C14H21ClN2OS. The van der Waals surface area contributed by atoms with Gasteiger partial charge in [0.15, 0.2) is 0 Å². The molecular weight excluding hydrogens is 280 g/mol. The van der Waals surface area contributed by atoms with Crippen molar-refractivity contribution < 1.29 is 4.79 Å². The number of halogens is 1. The zero-order valence-electron chi connectivity index (χ0n) is 11.1. The van der Waals surface area contributed by atoms with Gasteiger partial charge in [-0.3, -0.25) is 4.79 Å². The monoisotopic (exact) mass is 300 g/mol. The van der Waals surface area contributed by atoms with Crippen molar-refractivity contribution >= 4 is 30.1 Å². The Hall–Kier alpha value is -0.710. The molecule has 1 aliphatic rings. The minimum atomic E-state index is 0. The van der Waals surface area contributed by atoms with Crippen molar-refractivity contribution in [1.29, 1.82) is 0 Å². The molecule has 1 aliphatic heterocycles. The maximum Gasteiger partial charge on any atom is 0.233 e. The molecule has 1 aromatic carbocycles. The van der Waals surface area contributed by atoms with E-state index in [-0.39, 0.29) is 23.6 Å². The van der Waals surface area contributed by atoms with E-state index in [9.17, 15) is 4.79 Å². The summed E-state index contributed by atoms with van der Waals surface area (Å²) < 4.78 is 0. The van der Waals surface area contributed by atoms with Crippen LogP contribution >= 0.6 is 24.2 Å². The quantitative estimate of drug-likeness (QED) is 0.792. The van der Waals surface area contributed by atoms with Gasteiger partial charge in [0.05, 0.1) is 5.25 Å². The number of rotatable bonds is 6. The number of nitrogens with one attached hydrogen (secondary N) is 2. The summed E-state index contributed by atoms with van der Waals surface area (Å²) in [5, 5.41) is 6.32. The first kappa shape index (κ1) is 16.3. The third-order valence-corrected chi connectivity index (χ3v) is 4.28. The van der Waals surface area contributed by atoms with Crippen LogP contribution in [0.15, 0.2) is 29.2 Å². The van der Waals surface area contributed by atoms with Crippen LogP contribution in [0, 0.1) is 0 Å². The van der Waals surface area contributed by atoms with Crippen molar-refractivity contribution in [3.05, 3.63) is 29.8 Å². The molecule has 0 saturated carbocycles. The Morgan fingerprint density at radius 1 is 1.32 bits per heavy atom. The average Bonchev–Trinajstić information content (AvgIpc) is 2.82. The highest BCUT2D eigenvalue weighted by atomic mass is 35.5. The van der Waals surface area contributed by atoms with Crippen LogP contribution in [0.2, 0.25) is 0 Å². The van der Waals surface area contributed by atoms with Crippen LogP contribution in [0.4, 0.5) is 0 Å². The van der Waals surface area contributed by atoms with Gasteiger partial charge in [-0.25, -0.2) is 0 Å². The van der Waals surface area contributed by atoms with Gasteiger partial charge in [-0.1, -0.05) is 25.1 Å². The van der Waals surface area contributed by atoms with Gasteiger partial charge in [0.25, 0.3) is 0 Å². The number of carbonyl (C=O) groups excluding carboxylic acids is 1. The first-order valence-corrected chi connectivity index (χ1v) is 7.42. The van der Waals surface area contributed by atoms with Gasteiger partial charge in [-0.2, -0.15) is 0 Å². The highest BCUT2D eigenvalue weighted by Gasteiger charge is 2.27. The van der Waals surface area contributed by atoms with E-state index in [4.69, 9.17) is 0 Å². The summed E-state index contributed by atoms with van der Waals surface area (Å²) in [6.45, 7) is 4.72. The van der Waals surface area contributed by atoms with Crippen LogP contribution in [-0.4, -0.2) is 30.8 Å². The molecule has 5 heteroatoms. The molecule has 1 unspecified atom stereocenters. The second kappa shape index (κ2) is 8.46. The van der Waals surface area contributed by atoms with Gasteiger partial charge in [-0.15, -0.1) is 24.2 Å². The molecule has 106 valence electrons. The van der Waals surface area contributed by atoms with Crippen molar-refractivity contribution in [1.82, 2.24) is 10.6 Å². The van der Waals surface area contributed by atoms with Gasteiger partial charge in [0.1, 0.15) is 0 Å². The third kappa shape index (κ3) is 4.71. The highest BCUT2D eigenvalue weighted by molar-refractivity contribution is 8.01. The molecule has 0 fully saturated rings. The van der Waals surface area contributed by atoms with E-state index < -0.39 is 0 Å². The number of hydrogen-bond acceptors (Lipinski definition) is 3. The summed E-state index contributed by atoms with van der Waals surface area (Å²) in [7, 11) is 0. The summed E-state index contributed by atoms with van der Waals surface area (Å²) >= 11 is 1.68. The number of benzene rings is 1. The summed E-state index contributed by atoms with van der Waals surface area (Å²) in [5.74, 6) is 0.162. The van der Waals surface area contributed by atoms with E-state index in [1.165, 1.54) is 10.5 Å². The molecule has 2 rings (SSSR count). The predicted molar refractivity (Wildman–Crippen MR) is 83.2 cm³/mol. The molecule has 3 nitrogen and oxygen atoms in total. The zero-order chi connectivity index (χ0) is 12.8. The fourth-order valence-electron chi connectivity index (χ4n) is 2.02. The first-order valence-electron chi connectivity index (χ1n) is 6.54. The van der Waals surface area contributed by atoms with Crippen LogP contribution in [0.3, 0.4) is 0 Å². The molecule has 0 aromatic heterocycles. The molecule has 1 atom stereocenters. The first-order chi connectivity index (χ1) is 8.81. The van der Waals surface area contributed by atoms with Crippen LogP contribution in [-0.2, 0) is 11.2 Å². The minimum absolute atomic E-state index is 0.